The van der Waals surface area contributed by atoms with E-state index in [1.54, 1.807) is 7.11 Å². The van der Waals surface area contributed by atoms with E-state index in [1.807, 2.05) is 62.4 Å². The van der Waals surface area contributed by atoms with Crippen LogP contribution >= 0.6 is 0 Å². The maximum absolute atomic E-state index is 12.3. The van der Waals surface area contributed by atoms with Crippen LogP contribution in [0.2, 0.25) is 0 Å². The minimum absolute atomic E-state index is 0.0853. The molecular formula is C19H20N2O3. The Hall–Kier alpha value is -2.82. The average Bonchev–Trinajstić information content (AvgIpc) is 3.07. The maximum atomic E-state index is 12.3. The second-order valence-corrected chi connectivity index (χ2v) is 5.61. The summed E-state index contributed by atoms with van der Waals surface area (Å²) in [5.74, 6) is 1.13. The largest absolute Gasteiger partial charge is 0.497 e. The number of aryl methyl sites for hydroxylation is 1. The van der Waals surface area contributed by atoms with Crippen LogP contribution in [-0.2, 0) is 9.53 Å². The fraction of sp³-hybridized carbons (Fsp3) is 0.263. The van der Waals surface area contributed by atoms with Crippen molar-refractivity contribution >= 4 is 11.8 Å². The molecule has 2 aromatic carbocycles. The molecule has 0 saturated heterocycles. The second-order valence-electron chi connectivity index (χ2n) is 5.61. The van der Waals surface area contributed by atoms with Gasteiger partial charge in [-0.15, -0.1) is 5.10 Å². The predicted molar refractivity (Wildman–Crippen MR) is 91.7 cm³/mol. The van der Waals surface area contributed by atoms with E-state index in [-0.39, 0.29) is 5.91 Å². The number of rotatable bonds is 4. The lowest BCUT2D eigenvalue weighted by atomic mass is 10.1. The normalized spacial score (nSPS) is 16.5. The van der Waals surface area contributed by atoms with Gasteiger partial charge in [0.1, 0.15) is 5.75 Å². The molecule has 0 aliphatic carbocycles. The number of carbonyl (C=O) groups is 1. The summed E-state index contributed by atoms with van der Waals surface area (Å²) in [7, 11) is 1.62. The van der Waals surface area contributed by atoms with Crippen molar-refractivity contribution in [2.24, 2.45) is 5.10 Å². The van der Waals surface area contributed by atoms with E-state index in [1.165, 1.54) is 5.01 Å². The van der Waals surface area contributed by atoms with Crippen LogP contribution in [0.3, 0.4) is 0 Å². The third kappa shape index (κ3) is 3.11. The molecule has 124 valence electrons. The van der Waals surface area contributed by atoms with Crippen molar-refractivity contribution in [1.82, 2.24) is 5.01 Å². The van der Waals surface area contributed by atoms with Crippen molar-refractivity contribution in [2.75, 3.05) is 7.11 Å². The van der Waals surface area contributed by atoms with Gasteiger partial charge in [-0.3, -0.25) is 4.79 Å². The van der Waals surface area contributed by atoms with Gasteiger partial charge < -0.3 is 9.47 Å². The predicted octanol–water partition coefficient (Wildman–Crippen LogP) is 3.63. The van der Waals surface area contributed by atoms with E-state index in [0.29, 0.717) is 12.3 Å². The molecule has 0 saturated carbocycles. The number of benzene rings is 2. The van der Waals surface area contributed by atoms with Crippen LogP contribution in [0.4, 0.5) is 0 Å². The average molecular weight is 324 g/mol. The Bertz CT molecular complexity index is 751. The Morgan fingerprint density at radius 1 is 1.17 bits per heavy atom. The van der Waals surface area contributed by atoms with E-state index >= 15 is 0 Å². The third-order valence-corrected chi connectivity index (χ3v) is 3.90. The Balaban J connectivity index is 1.91. The molecule has 2 aromatic rings. The zero-order chi connectivity index (χ0) is 17.1. The number of methoxy groups -OCH3 is 1. The molecule has 0 fully saturated rings. The van der Waals surface area contributed by atoms with Crippen molar-refractivity contribution < 1.29 is 14.3 Å². The van der Waals surface area contributed by atoms with Crippen LogP contribution in [0.15, 0.2) is 53.6 Å². The van der Waals surface area contributed by atoms with Gasteiger partial charge >= 0.3 is 0 Å². The van der Waals surface area contributed by atoms with Crippen LogP contribution in [0, 0.1) is 6.92 Å². The summed E-state index contributed by atoms with van der Waals surface area (Å²) in [6.07, 6.45) is -0.194. The molecule has 1 heterocycles. The summed E-state index contributed by atoms with van der Waals surface area (Å²) in [6.45, 7) is 3.83. The highest BCUT2D eigenvalue weighted by molar-refractivity contribution is 5.96. The van der Waals surface area contributed by atoms with Gasteiger partial charge in [-0.05, 0) is 43.3 Å². The van der Waals surface area contributed by atoms with Crippen molar-refractivity contribution in [3.8, 4) is 5.75 Å². The van der Waals surface area contributed by atoms with Crippen LogP contribution in [0.1, 0.15) is 36.3 Å². The van der Waals surface area contributed by atoms with Crippen LogP contribution < -0.4 is 4.74 Å². The van der Waals surface area contributed by atoms with E-state index in [4.69, 9.17) is 9.47 Å². The molecule has 0 aromatic heterocycles. The van der Waals surface area contributed by atoms with E-state index in [9.17, 15) is 4.79 Å². The Kier molecular flexibility index (Phi) is 4.51. The first-order valence-corrected chi connectivity index (χ1v) is 7.90. The van der Waals surface area contributed by atoms with E-state index in [0.717, 1.165) is 22.4 Å². The van der Waals surface area contributed by atoms with E-state index in [2.05, 4.69) is 5.10 Å². The number of hydrogen-bond donors (Lipinski definition) is 0. The topological polar surface area (TPSA) is 51.1 Å². The highest BCUT2D eigenvalue weighted by Gasteiger charge is 2.33. The van der Waals surface area contributed by atoms with Gasteiger partial charge in [-0.1, -0.05) is 24.6 Å². The quantitative estimate of drug-likeness (QED) is 0.863. The number of ether oxygens (including phenoxy) is 2. The molecule has 0 N–H and O–H groups in total. The van der Waals surface area contributed by atoms with Gasteiger partial charge in [0.15, 0.2) is 0 Å². The molecule has 0 bridgehead atoms. The van der Waals surface area contributed by atoms with Crippen molar-refractivity contribution in [2.45, 2.75) is 26.5 Å². The lowest BCUT2D eigenvalue weighted by Gasteiger charge is -2.20. The van der Waals surface area contributed by atoms with Gasteiger partial charge in [-0.25, -0.2) is 0 Å². The molecule has 1 amide bonds. The molecule has 5 heteroatoms. The first kappa shape index (κ1) is 16.1. The minimum Gasteiger partial charge on any atom is -0.497 e. The highest BCUT2D eigenvalue weighted by Crippen LogP contribution is 2.31. The van der Waals surface area contributed by atoms with Crippen molar-refractivity contribution in [3.05, 3.63) is 65.2 Å². The summed E-state index contributed by atoms with van der Waals surface area (Å²) in [5.41, 5.74) is 2.86. The van der Waals surface area contributed by atoms with Gasteiger partial charge in [0, 0.05) is 17.5 Å². The lowest BCUT2D eigenvalue weighted by molar-refractivity contribution is -0.137. The molecular weight excluding hydrogens is 304 g/mol. The SMILES string of the molecule is CCC(=O)N1N=C(c2ccc(C)cc2)O[C@H]1c1ccc(OC)cc1. The van der Waals surface area contributed by atoms with Crippen LogP contribution in [0.25, 0.3) is 0 Å². The summed E-state index contributed by atoms with van der Waals surface area (Å²) in [5, 5.41) is 5.82. The number of hydrazone groups is 1. The Morgan fingerprint density at radius 2 is 1.83 bits per heavy atom. The highest BCUT2D eigenvalue weighted by atomic mass is 16.5. The summed E-state index contributed by atoms with van der Waals surface area (Å²) in [6, 6.07) is 15.3. The molecule has 0 unspecified atom stereocenters. The molecule has 5 nitrogen and oxygen atoms in total. The zero-order valence-corrected chi connectivity index (χ0v) is 14.0. The Morgan fingerprint density at radius 3 is 2.42 bits per heavy atom. The first-order chi connectivity index (χ1) is 11.6. The monoisotopic (exact) mass is 324 g/mol. The van der Waals surface area contributed by atoms with Crippen LogP contribution in [0.5, 0.6) is 5.75 Å². The standard InChI is InChI=1S/C19H20N2O3/c1-4-17(22)21-19(15-9-11-16(23-3)12-10-15)24-18(20-21)14-7-5-13(2)6-8-14/h5-12,19H,4H2,1-3H3/t19-/m0/s1. The molecule has 1 aliphatic rings. The van der Waals surface area contributed by atoms with Gasteiger partial charge in [0.2, 0.25) is 18.0 Å². The summed E-state index contributed by atoms with van der Waals surface area (Å²) in [4.78, 5) is 12.3. The number of carbonyl (C=O) groups excluding carboxylic acids is 1. The molecule has 0 spiro atoms. The molecule has 3 rings (SSSR count). The third-order valence-electron chi connectivity index (χ3n) is 3.90. The zero-order valence-electron chi connectivity index (χ0n) is 14.0. The Labute approximate surface area is 141 Å². The van der Waals surface area contributed by atoms with E-state index < -0.39 is 6.23 Å². The minimum atomic E-state index is -0.556. The number of hydrogen-bond acceptors (Lipinski definition) is 4. The van der Waals surface area contributed by atoms with Crippen molar-refractivity contribution in [3.63, 3.8) is 0 Å². The fourth-order valence-electron chi connectivity index (χ4n) is 2.48. The molecule has 0 radical (unpaired) electrons. The number of nitrogens with zero attached hydrogens (tertiary/aromatic N) is 2. The van der Waals surface area contributed by atoms with Gasteiger partial charge in [0.25, 0.3) is 0 Å². The fourth-order valence-corrected chi connectivity index (χ4v) is 2.48. The molecule has 24 heavy (non-hydrogen) atoms. The smallest absolute Gasteiger partial charge is 0.246 e. The van der Waals surface area contributed by atoms with Crippen molar-refractivity contribution in [1.29, 1.82) is 0 Å². The van der Waals surface area contributed by atoms with Crippen LogP contribution in [-0.4, -0.2) is 23.9 Å². The maximum Gasteiger partial charge on any atom is 0.246 e. The van der Waals surface area contributed by atoms with Gasteiger partial charge in [0.05, 0.1) is 7.11 Å². The number of amides is 1. The summed E-state index contributed by atoms with van der Waals surface area (Å²) >= 11 is 0. The second kappa shape index (κ2) is 6.74. The summed E-state index contributed by atoms with van der Waals surface area (Å²) < 4.78 is 11.2. The molecule has 1 aliphatic heterocycles. The lowest BCUT2D eigenvalue weighted by Crippen LogP contribution is -2.26. The van der Waals surface area contributed by atoms with Gasteiger partial charge in [-0.2, -0.15) is 5.01 Å². The first-order valence-electron chi connectivity index (χ1n) is 7.90. The molecule has 1 atom stereocenters.